The van der Waals surface area contributed by atoms with Gasteiger partial charge in [-0.05, 0) is 305 Å². The highest BCUT2D eigenvalue weighted by molar-refractivity contribution is 5.97. The standard InChI is InChI=1S/5C29H23N/c1-30(29-15-9-8-14-28(29)23-12-6-3-7-13-23)27-19-18-25-20-24(16-17-26(25)21-27)22-10-4-2-5-11-22;1-30(28-14-8-13-25(20-28)22-9-4-2-5-10-22)29-18-17-24-15-16-26(19-27(24)21-29)23-11-6-3-7-12-23;1-30(28-14-8-13-24(20-28)22-9-4-2-5-10-22)29-18-17-26-19-25(15-16-27(26)21-29)23-11-6-3-7-12-23;1-30(28-17-14-24(15-18-28)22-8-4-2-5-9-22)29-19-16-26-20-25(12-13-27(26)21-29)23-10-6-3-7-11-23;1-30(28-17-14-24(15-18-28)22-8-4-2-5-9-22)29-19-16-25-12-13-26(20-27(25)21-29)23-10-6-3-7-11-23/h5*2-21H,1H3. The van der Waals surface area contributed by atoms with E-state index < -0.39 is 0 Å². The third-order valence-corrected chi connectivity index (χ3v) is 28.3. The van der Waals surface area contributed by atoms with E-state index in [1.807, 2.05) is 6.07 Å². The molecule has 25 aromatic carbocycles. The number of hydrogen-bond acceptors (Lipinski definition) is 5. The third kappa shape index (κ3) is 23.1. The molecule has 720 valence electrons. The van der Waals surface area contributed by atoms with Crippen LogP contribution in [-0.2, 0) is 0 Å². The Morgan fingerprint density at radius 1 is 0.0933 bits per heavy atom. The molecule has 0 heterocycles. The average molecular weight is 1930 g/mol. The lowest BCUT2D eigenvalue weighted by molar-refractivity contribution is 1.21. The fraction of sp³-hybridized carbons (Fsp3) is 0.0345. The number of hydrogen-bond donors (Lipinski definition) is 0. The van der Waals surface area contributed by atoms with E-state index >= 15 is 0 Å². The van der Waals surface area contributed by atoms with Crippen molar-refractivity contribution in [2.75, 3.05) is 59.7 Å². The van der Waals surface area contributed by atoms with E-state index in [1.54, 1.807) is 0 Å². The lowest BCUT2D eigenvalue weighted by Crippen LogP contribution is -2.10. The van der Waals surface area contributed by atoms with Crippen LogP contribution in [0.3, 0.4) is 0 Å². The van der Waals surface area contributed by atoms with Crippen molar-refractivity contribution in [3.05, 3.63) is 607 Å². The van der Waals surface area contributed by atoms with Crippen LogP contribution in [0.25, 0.3) is 165 Å². The van der Waals surface area contributed by atoms with Crippen molar-refractivity contribution in [1.29, 1.82) is 0 Å². The Bertz CT molecular complexity index is 8830. The monoisotopic (exact) mass is 1930 g/mol. The Hall–Kier alpha value is -19.2. The van der Waals surface area contributed by atoms with Crippen molar-refractivity contribution >= 4 is 111 Å². The van der Waals surface area contributed by atoms with Crippen LogP contribution >= 0.6 is 0 Å². The molecule has 0 bridgehead atoms. The van der Waals surface area contributed by atoms with Gasteiger partial charge in [0.2, 0.25) is 0 Å². The van der Waals surface area contributed by atoms with Crippen LogP contribution in [0.4, 0.5) is 56.9 Å². The Balaban J connectivity index is 0.000000109. The van der Waals surface area contributed by atoms with Gasteiger partial charge in [-0.3, -0.25) is 0 Å². The maximum absolute atomic E-state index is 2.28. The van der Waals surface area contributed by atoms with Crippen molar-refractivity contribution in [2.24, 2.45) is 0 Å². The molecule has 5 heteroatoms. The van der Waals surface area contributed by atoms with Crippen LogP contribution in [-0.4, -0.2) is 35.2 Å². The minimum atomic E-state index is 1.17. The molecule has 25 rings (SSSR count). The summed E-state index contributed by atoms with van der Waals surface area (Å²) in [4.78, 5) is 11.2. The number of rotatable bonds is 20. The van der Waals surface area contributed by atoms with E-state index in [-0.39, 0.29) is 0 Å². The maximum atomic E-state index is 2.28. The summed E-state index contributed by atoms with van der Waals surface area (Å²) < 4.78 is 0. The first-order chi connectivity index (χ1) is 73.9. The molecular formula is C145H115N5. The molecule has 5 nitrogen and oxygen atoms in total. The molecular weight excluding hydrogens is 1810 g/mol. The molecule has 0 fully saturated rings. The zero-order valence-electron chi connectivity index (χ0n) is 85.0. The third-order valence-electron chi connectivity index (χ3n) is 28.3. The summed E-state index contributed by atoms with van der Waals surface area (Å²) in [6.45, 7) is 0. The van der Waals surface area contributed by atoms with E-state index in [2.05, 4.69) is 660 Å². The van der Waals surface area contributed by atoms with Crippen molar-refractivity contribution in [2.45, 2.75) is 0 Å². The van der Waals surface area contributed by atoms with Crippen LogP contribution in [0.1, 0.15) is 0 Å². The summed E-state index contributed by atoms with van der Waals surface area (Å²) in [6, 6.07) is 216. The molecule has 0 unspecified atom stereocenters. The van der Waals surface area contributed by atoms with Crippen LogP contribution in [0.2, 0.25) is 0 Å². The molecule has 25 aromatic rings. The van der Waals surface area contributed by atoms with Gasteiger partial charge in [-0.2, -0.15) is 0 Å². The van der Waals surface area contributed by atoms with Gasteiger partial charge in [-0.1, -0.05) is 461 Å². The molecule has 0 aromatic heterocycles. The van der Waals surface area contributed by atoms with E-state index in [0.717, 1.165) is 0 Å². The first kappa shape index (κ1) is 96.9. The number of benzene rings is 25. The molecule has 150 heavy (non-hydrogen) atoms. The minimum absolute atomic E-state index is 1.17. The predicted octanol–water partition coefficient (Wildman–Crippen LogP) is 39.7. The van der Waals surface area contributed by atoms with Crippen molar-refractivity contribution in [3.8, 4) is 111 Å². The van der Waals surface area contributed by atoms with Gasteiger partial charge in [0, 0.05) is 97.7 Å². The molecule has 0 aliphatic carbocycles. The van der Waals surface area contributed by atoms with Gasteiger partial charge in [0.15, 0.2) is 0 Å². The second kappa shape index (κ2) is 46.2. The summed E-state index contributed by atoms with van der Waals surface area (Å²) in [5.41, 5.74) is 36.6. The first-order valence-corrected chi connectivity index (χ1v) is 51.3. The SMILES string of the molecule is CN(c1ccc(-c2ccccc2)cc1)c1ccc2cc(-c3ccccc3)ccc2c1.CN(c1ccc(-c2ccccc2)cc1)c1ccc2ccc(-c3ccccc3)cc2c1.CN(c1ccc2cc(-c3ccccc3)ccc2c1)c1ccccc1-c1ccccc1.CN(c1cccc(-c2ccccc2)c1)c1ccc2cc(-c3ccccc3)ccc2c1.CN(c1cccc(-c2ccccc2)c1)c1ccc2ccc(-c3ccccc3)cc2c1. The van der Waals surface area contributed by atoms with Crippen LogP contribution in [0, 0.1) is 0 Å². The quantitative estimate of drug-likeness (QED) is 0.0754. The van der Waals surface area contributed by atoms with Crippen molar-refractivity contribution in [1.82, 2.24) is 0 Å². The van der Waals surface area contributed by atoms with E-state index in [1.165, 1.54) is 222 Å². The van der Waals surface area contributed by atoms with Crippen LogP contribution in [0.5, 0.6) is 0 Å². The van der Waals surface area contributed by atoms with Gasteiger partial charge < -0.3 is 24.5 Å². The predicted molar refractivity (Wildman–Crippen MR) is 647 cm³/mol. The minimum Gasteiger partial charge on any atom is -0.345 e. The lowest BCUT2D eigenvalue weighted by Gasteiger charge is -2.23. The Morgan fingerprint density at radius 3 is 0.547 bits per heavy atom. The van der Waals surface area contributed by atoms with E-state index in [0.29, 0.717) is 0 Å². The normalized spacial score (nSPS) is 10.8. The van der Waals surface area contributed by atoms with Gasteiger partial charge in [-0.15, -0.1) is 0 Å². The summed E-state index contributed by atoms with van der Waals surface area (Å²) >= 11 is 0. The maximum Gasteiger partial charge on any atom is 0.0487 e. The molecule has 0 spiro atoms. The van der Waals surface area contributed by atoms with Gasteiger partial charge in [0.25, 0.3) is 0 Å². The Morgan fingerprint density at radius 2 is 0.260 bits per heavy atom. The highest BCUT2D eigenvalue weighted by Gasteiger charge is 2.18. The number of fused-ring (bicyclic) bond motifs is 5. The number of nitrogens with zero attached hydrogens (tertiary/aromatic N) is 5. The highest BCUT2D eigenvalue weighted by atomic mass is 15.1. The smallest absolute Gasteiger partial charge is 0.0487 e. The number of anilines is 10. The average Bonchev–Trinajstić information content (AvgIpc) is 0.850. The zero-order valence-corrected chi connectivity index (χ0v) is 85.0. The molecule has 0 radical (unpaired) electrons. The molecule has 0 saturated heterocycles. The molecule has 0 amide bonds. The van der Waals surface area contributed by atoms with Gasteiger partial charge >= 0.3 is 0 Å². The Labute approximate surface area is 882 Å². The second-order valence-electron chi connectivity index (χ2n) is 37.9. The molecule has 0 aliphatic rings. The number of para-hydroxylation sites is 1. The van der Waals surface area contributed by atoms with Crippen molar-refractivity contribution in [3.63, 3.8) is 0 Å². The summed E-state index contributed by atoms with van der Waals surface area (Å²) in [5.74, 6) is 0. The molecule has 0 saturated carbocycles. The highest BCUT2D eigenvalue weighted by Crippen LogP contribution is 2.42. The molecule has 0 aliphatic heterocycles. The van der Waals surface area contributed by atoms with Gasteiger partial charge in [0.05, 0.1) is 0 Å². The fourth-order valence-electron chi connectivity index (χ4n) is 19.7. The van der Waals surface area contributed by atoms with Crippen LogP contribution < -0.4 is 24.5 Å². The van der Waals surface area contributed by atoms with Gasteiger partial charge in [0.1, 0.15) is 0 Å². The van der Waals surface area contributed by atoms with E-state index in [9.17, 15) is 0 Å². The fourth-order valence-corrected chi connectivity index (χ4v) is 19.7. The Kier molecular flexibility index (Phi) is 29.9. The van der Waals surface area contributed by atoms with E-state index in [4.69, 9.17) is 0 Å². The second-order valence-corrected chi connectivity index (χ2v) is 37.9. The summed E-state index contributed by atoms with van der Waals surface area (Å²) in [7, 11) is 10.6. The summed E-state index contributed by atoms with van der Waals surface area (Å²) in [5, 5.41) is 12.5. The van der Waals surface area contributed by atoms with Crippen molar-refractivity contribution < 1.29 is 0 Å². The largest absolute Gasteiger partial charge is 0.345 e. The van der Waals surface area contributed by atoms with Gasteiger partial charge in [-0.25, -0.2) is 0 Å². The lowest BCUT2D eigenvalue weighted by atomic mass is 10.00. The first-order valence-electron chi connectivity index (χ1n) is 51.3. The summed E-state index contributed by atoms with van der Waals surface area (Å²) in [6.07, 6.45) is 0. The molecule has 0 atom stereocenters. The van der Waals surface area contributed by atoms with Crippen LogP contribution in [0.15, 0.2) is 607 Å². The zero-order chi connectivity index (χ0) is 102. The topological polar surface area (TPSA) is 16.2 Å². The molecule has 0 N–H and O–H groups in total.